The van der Waals surface area contributed by atoms with Crippen molar-refractivity contribution in [3.8, 4) is 11.5 Å². The Balaban J connectivity index is 1.78. The van der Waals surface area contributed by atoms with Crippen molar-refractivity contribution in [2.45, 2.75) is 39.0 Å². The molecule has 8 nitrogen and oxygen atoms in total. The monoisotopic (exact) mass is 523 g/mol. The third-order valence-electron chi connectivity index (χ3n) is 5.35. The number of carbonyl (C=O) groups is 1. The summed E-state index contributed by atoms with van der Waals surface area (Å²) in [6.45, 7) is 8.30. The maximum atomic E-state index is 13.4. The number of sulfonamides is 1. The molecule has 0 aliphatic heterocycles. The molecule has 3 aromatic carbocycles. The molecule has 9 heteroatoms. The molecule has 0 saturated heterocycles. The summed E-state index contributed by atoms with van der Waals surface area (Å²) >= 11 is 0. The lowest BCUT2D eigenvalue weighted by Gasteiger charge is -2.24. The zero-order chi connectivity index (χ0) is 26.8. The number of aryl methyl sites for hydroxylation is 2. The molecule has 0 radical (unpaired) electrons. The van der Waals surface area contributed by atoms with Gasteiger partial charge in [0, 0.05) is 0 Å². The number of anilines is 1. The Morgan fingerprint density at radius 1 is 0.919 bits per heavy atom. The average Bonchev–Trinajstić information content (AvgIpc) is 2.88. The van der Waals surface area contributed by atoms with Crippen molar-refractivity contribution >= 4 is 27.8 Å². The topological polar surface area (TPSA) is 97.3 Å². The van der Waals surface area contributed by atoms with E-state index in [0.717, 1.165) is 21.9 Å². The molecular formula is C28H33N3O5S. The second-order valence-electron chi connectivity index (χ2n) is 8.44. The Morgan fingerprint density at radius 2 is 1.57 bits per heavy atom. The molecule has 0 spiro atoms. The van der Waals surface area contributed by atoms with Gasteiger partial charge in [0.15, 0.2) is 11.5 Å². The van der Waals surface area contributed by atoms with Crippen LogP contribution in [0.1, 0.15) is 37.0 Å². The van der Waals surface area contributed by atoms with E-state index in [1.807, 2.05) is 27.7 Å². The fourth-order valence-corrected chi connectivity index (χ4v) is 4.83. The molecule has 0 saturated carbocycles. The molecule has 0 heterocycles. The molecule has 0 fully saturated rings. The van der Waals surface area contributed by atoms with Gasteiger partial charge in [-0.2, -0.15) is 5.10 Å². The summed E-state index contributed by atoms with van der Waals surface area (Å²) in [6.07, 6.45) is 2.34. The third-order valence-corrected chi connectivity index (χ3v) is 7.14. The van der Waals surface area contributed by atoms with Crippen LogP contribution in [-0.4, -0.2) is 40.3 Å². The number of hydrogen-bond acceptors (Lipinski definition) is 6. The van der Waals surface area contributed by atoms with E-state index in [0.29, 0.717) is 36.0 Å². The number of rotatable bonds is 12. The van der Waals surface area contributed by atoms with Gasteiger partial charge >= 0.3 is 0 Å². The number of hydrogen-bond donors (Lipinski definition) is 1. The number of nitrogens with one attached hydrogen (secondary N) is 1. The number of hydrazone groups is 1. The number of carbonyl (C=O) groups excluding carboxylic acids is 1. The van der Waals surface area contributed by atoms with E-state index in [1.165, 1.54) is 18.3 Å². The fraction of sp³-hybridized carbons (Fsp3) is 0.286. The van der Waals surface area contributed by atoms with E-state index in [2.05, 4.69) is 10.5 Å². The number of ether oxygens (including phenoxy) is 2. The SMILES string of the molecule is CCCOc1ccc(/C=N\NC(=O)CN(c2ccc(C)cc2)S(=O)(=O)c2ccc(C)cc2)cc1OCC. The number of amides is 1. The van der Waals surface area contributed by atoms with Gasteiger partial charge in [0.05, 0.1) is 30.0 Å². The number of nitrogens with zero attached hydrogens (tertiary/aromatic N) is 2. The van der Waals surface area contributed by atoms with Crippen molar-refractivity contribution in [1.82, 2.24) is 5.43 Å². The molecule has 0 unspecified atom stereocenters. The van der Waals surface area contributed by atoms with Crippen LogP contribution < -0.4 is 19.2 Å². The minimum absolute atomic E-state index is 0.101. The van der Waals surface area contributed by atoms with E-state index < -0.39 is 22.5 Å². The highest BCUT2D eigenvalue weighted by Gasteiger charge is 2.27. The smallest absolute Gasteiger partial charge is 0.264 e. The van der Waals surface area contributed by atoms with Crippen LogP contribution in [0.3, 0.4) is 0 Å². The van der Waals surface area contributed by atoms with Gasteiger partial charge in [0.25, 0.3) is 15.9 Å². The minimum Gasteiger partial charge on any atom is -0.490 e. The molecular weight excluding hydrogens is 490 g/mol. The molecule has 1 amide bonds. The van der Waals surface area contributed by atoms with Crippen molar-refractivity contribution in [1.29, 1.82) is 0 Å². The maximum Gasteiger partial charge on any atom is 0.264 e. The minimum atomic E-state index is -3.99. The molecule has 1 N–H and O–H groups in total. The predicted molar refractivity (Wildman–Crippen MR) is 146 cm³/mol. The van der Waals surface area contributed by atoms with Gasteiger partial charge < -0.3 is 9.47 Å². The molecule has 0 aliphatic rings. The van der Waals surface area contributed by atoms with E-state index in [-0.39, 0.29) is 4.90 Å². The van der Waals surface area contributed by atoms with Crippen LogP contribution in [0.4, 0.5) is 5.69 Å². The zero-order valence-corrected chi connectivity index (χ0v) is 22.4. The van der Waals surface area contributed by atoms with Crippen LogP contribution in [0.2, 0.25) is 0 Å². The third kappa shape index (κ3) is 7.57. The molecule has 0 bridgehead atoms. The summed E-state index contributed by atoms with van der Waals surface area (Å²) in [5, 5.41) is 4.02. The van der Waals surface area contributed by atoms with Crippen molar-refractivity contribution in [2.24, 2.45) is 5.10 Å². The Bertz CT molecular complexity index is 1320. The van der Waals surface area contributed by atoms with E-state index in [1.54, 1.807) is 54.6 Å². The standard InChI is InChI=1S/C28H33N3O5S/c1-5-17-36-26-16-11-23(18-27(26)35-6-2)19-29-30-28(32)20-31(24-12-7-21(3)8-13-24)37(33,34)25-14-9-22(4)10-15-25/h7-16,18-19H,5-6,17,20H2,1-4H3,(H,30,32)/b29-19-. The molecule has 196 valence electrons. The van der Waals surface area contributed by atoms with Crippen LogP contribution in [0.5, 0.6) is 11.5 Å². The molecule has 0 atom stereocenters. The van der Waals surface area contributed by atoms with Gasteiger partial charge in [-0.3, -0.25) is 9.10 Å². The Morgan fingerprint density at radius 3 is 2.19 bits per heavy atom. The van der Waals surface area contributed by atoms with Gasteiger partial charge in [0.2, 0.25) is 0 Å². The zero-order valence-electron chi connectivity index (χ0n) is 21.6. The lowest BCUT2D eigenvalue weighted by molar-refractivity contribution is -0.119. The quantitative estimate of drug-likeness (QED) is 0.271. The second kappa shape index (κ2) is 12.9. The molecule has 3 aromatic rings. The normalized spacial score (nSPS) is 11.4. The van der Waals surface area contributed by atoms with Gasteiger partial charge in [-0.15, -0.1) is 0 Å². The van der Waals surface area contributed by atoms with Gasteiger partial charge in [-0.05, 0) is 75.2 Å². The van der Waals surface area contributed by atoms with Crippen LogP contribution in [0.15, 0.2) is 76.7 Å². The van der Waals surface area contributed by atoms with Gasteiger partial charge in [0.1, 0.15) is 6.54 Å². The molecule has 3 rings (SSSR count). The highest BCUT2D eigenvalue weighted by atomic mass is 32.2. The number of benzene rings is 3. The first-order valence-electron chi connectivity index (χ1n) is 12.1. The van der Waals surface area contributed by atoms with Crippen molar-refractivity contribution < 1.29 is 22.7 Å². The fourth-order valence-electron chi connectivity index (χ4n) is 3.41. The summed E-state index contributed by atoms with van der Waals surface area (Å²) in [6, 6.07) is 18.8. The molecule has 37 heavy (non-hydrogen) atoms. The first kappa shape index (κ1) is 27.7. The van der Waals surface area contributed by atoms with Crippen LogP contribution in [0.25, 0.3) is 0 Å². The highest BCUT2D eigenvalue weighted by molar-refractivity contribution is 7.92. The van der Waals surface area contributed by atoms with Crippen LogP contribution in [-0.2, 0) is 14.8 Å². The average molecular weight is 524 g/mol. The predicted octanol–water partition coefficient (Wildman–Crippen LogP) is 4.84. The largest absolute Gasteiger partial charge is 0.490 e. The van der Waals surface area contributed by atoms with Gasteiger partial charge in [-0.1, -0.05) is 42.3 Å². The summed E-state index contributed by atoms with van der Waals surface area (Å²) in [4.78, 5) is 12.9. The van der Waals surface area contributed by atoms with Gasteiger partial charge in [-0.25, -0.2) is 13.8 Å². The van der Waals surface area contributed by atoms with E-state index in [4.69, 9.17) is 9.47 Å². The van der Waals surface area contributed by atoms with Crippen LogP contribution >= 0.6 is 0 Å². The Hall–Kier alpha value is -3.85. The first-order valence-corrected chi connectivity index (χ1v) is 13.6. The summed E-state index contributed by atoms with van der Waals surface area (Å²) in [5.74, 6) is 0.640. The van der Waals surface area contributed by atoms with Crippen LogP contribution in [0, 0.1) is 13.8 Å². The van der Waals surface area contributed by atoms with Crippen molar-refractivity contribution in [3.63, 3.8) is 0 Å². The second-order valence-corrected chi connectivity index (χ2v) is 10.3. The maximum absolute atomic E-state index is 13.4. The summed E-state index contributed by atoms with van der Waals surface area (Å²) in [7, 11) is -3.99. The Labute approximate surface area is 219 Å². The van der Waals surface area contributed by atoms with Crippen molar-refractivity contribution in [2.75, 3.05) is 24.1 Å². The molecule has 0 aliphatic carbocycles. The first-order chi connectivity index (χ1) is 17.7. The van der Waals surface area contributed by atoms with E-state index >= 15 is 0 Å². The Kier molecular flexibility index (Phi) is 9.68. The molecule has 0 aromatic heterocycles. The highest BCUT2D eigenvalue weighted by Crippen LogP contribution is 2.28. The summed E-state index contributed by atoms with van der Waals surface area (Å²) in [5.41, 5.74) is 5.41. The summed E-state index contributed by atoms with van der Waals surface area (Å²) < 4.78 is 39.3. The van der Waals surface area contributed by atoms with E-state index in [9.17, 15) is 13.2 Å². The van der Waals surface area contributed by atoms with Crippen molar-refractivity contribution in [3.05, 3.63) is 83.4 Å². The lowest BCUT2D eigenvalue weighted by atomic mass is 10.2. The lowest BCUT2D eigenvalue weighted by Crippen LogP contribution is -2.39.